The highest BCUT2D eigenvalue weighted by molar-refractivity contribution is 7.87. The first-order chi connectivity index (χ1) is 69.1. The van der Waals surface area contributed by atoms with Gasteiger partial charge in [-0.2, -0.15) is 50.5 Å². The van der Waals surface area contributed by atoms with Gasteiger partial charge in [-0.25, -0.2) is 0 Å². The van der Waals surface area contributed by atoms with Gasteiger partial charge in [-0.05, 0) is 135 Å². The van der Waals surface area contributed by atoms with E-state index in [1.807, 2.05) is 0 Å². The lowest BCUT2D eigenvalue weighted by atomic mass is 10.0. The van der Waals surface area contributed by atoms with Gasteiger partial charge in [0.15, 0.2) is 34.5 Å². The molecule has 36 heteroatoms. The molecular weight excluding hydrogens is 2010 g/mol. The van der Waals surface area contributed by atoms with Gasteiger partial charge in [0.05, 0.1) is 124 Å². The van der Waals surface area contributed by atoms with Crippen molar-refractivity contribution in [2.24, 2.45) is 0 Å². The maximum Gasteiger partial charge on any atom is 0.273 e. The first-order valence-corrected chi connectivity index (χ1v) is 68.1. The number of aliphatic hydroxyl groups excluding tert-OH is 6. The fourth-order valence-corrected chi connectivity index (χ4v) is 21.7. The van der Waals surface area contributed by atoms with Gasteiger partial charge in [-0.15, -0.1) is 0 Å². The average Bonchev–Trinajstić information content (AvgIpc) is 0.889. The zero-order chi connectivity index (χ0) is 114. The van der Waals surface area contributed by atoms with E-state index in [0.29, 0.717) is 32.7 Å². The number of hydrogen-bond donors (Lipinski definition) is 12. The first-order valence-electron chi connectivity index (χ1n) is 58.5. The van der Waals surface area contributed by atoms with Crippen LogP contribution in [-0.2, 0) is 60.7 Å². The largest absolute Gasteiger partial charge is 0.344 e. The van der Waals surface area contributed by atoms with E-state index < -0.39 is 133 Å². The van der Waals surface area contributed by atoms with Crippen molar-refractivity contribution >= 4 is 60.7 Å². The molecule has 0 spiro atoms. The van der Waals surface area contributed by atoms with E-state index in [2.05, 4.69) is 90.2 Å². The normalized spacial score (nSPS) is 14.2. The quantitative estimate of drug-likeness (QED) is 0.00884. The highest BCUT2D eigenvalue weighted by Gasteiger charge is 2.36. The minimum absolute atomic E-state index is 0.188. The predicted octanol–water partition coefficient (Wildman–Crippen LogP) is 24.5. The molecule has 0 saturated heterocycles. The molecule has 0 rings (SSSR count). The van der Waals surface area contributed by atoms with Crippen LogP contribution in [0.25, 0.3) is 0 Å². The minimum atomic E-state index is -4.14. The Hall–Kier alpha value is -2.06. The Kier molecular flexibility index (Phi) is 103. The van der Waals surface area contributed by atoms with Crippen molar-refractivity contribution in [2.45, 2.75) is 516 Å². The molecule has 30 nitrogen and oxygen atoms in total. The molecule has 0 aromatic rings. The highest BCUT2D eigenvalue weighted by Crippen LogP contribution is 2.23. The number of rotatable bonds is 96. The maximum absolute atomic E-state index is 10.9. The van der Waals surface area contributed by atoms with Gasteiger partial charge in [-0.3, -0.25) is 27.3 Å². The molecule has 0 aliphatic carbocycles. The Bertz CT molecular complexity index is 3840. The van der Waals surface area contributed by atoms with Crippen molar-refractivity contribution in [3.63, 3.8) is 0 Å². The molecule has 0 fully saturated rings. The molecule has 0 aromatic heterocycles. The van der Waals surface area contributed by atoms with Gasteiger partial charge in [-0.1, -0.05) is 392 Å². The standard InChI is InChI=1S/C22H47NO4S.C22H45NO4S.C22H41NO4S.C18H39NO4S.C16H35NO4S.C12H27NO4S/c3*1-4-5-6-7-8-9-10-11-12-13-14-15-16-17-18-19-20-23(2,3)22(24)21-28(25,26)27;1-4-5-6-7-8-9-10-11-12-13-14-15-16-19(2,3)18(20)17-24(21,22)23;1-4-5-6-7-8-9-10-11-12-13-14-17(2,3)16(18)15-22(19,20)21;1-4-5-6-7-8-9-10-13(2,3)12(14)11-18(15,16)17/h22,24H,4-21H2,1-3H3;10-11,22,24H,4-9,12-21H2,1-3H3;5-6,8-9,11-12,22,24H,4,7,10,13-21H2,1-3H3;18,20H,4-17H2,1-3H3;16,18H,4-15H2,1-3H3;12,14H,4-11H2,1-3H3/p+6/b;11-10+;6-5+,9-8+,12-11+;;;. The van der Waals surface area contributed by atoms with E-state index in [1.165, 1.54) is 327 Å². The van der Waals surface area contributed by atoms with Crippen LogP contribution < -0.4 is 0 Å². The lowest BCUT2D eigenvalue weighted by Crippen LogP contribution is -2.52. The average molecular weight is 2250 g/mol. The predicted molar refractivity (Wildman–Crippen MR) is 621 cm³/mol. The molecule has 0 amide bonds. The van der Waals surface area contributed by atoms with Crippen LogP contribution in [-0.4, -0.2) is 331 Å². The van der Waals surface area contributed by atoms with E-state index >= 15 is 0 Å². The van der Waals surface area contributed by atoms with Crippen molar-refractivity contribution in [1.29, 1.82) is 0 Å². The topological polar surface area (TPSA) is 448 Å². The third-order valence-corrected chi connectivity index (χ3v) is 32.5. The van der Waals surface area contributed by atoms with Crippen molar-refractivity contribution in [3.05, 3.63) is 48.6 Å². The van der Waals surface area contributed by atoms with Crippen LogP contribution in [0.3, 0.4) is 0 Å². The summed E-state index contributed by atoms with van der Waals surface area (Å²) in [6, 6.07) is 0. The molecule has 0 radical (unpaired) electrons. The summed E-state index contributed by atoms with van der Waals surface area (Å²) < 4.78 is 184. The molecule has 0 aliphatic heterocycles. The SMILES string of the molecule is CC/C=C/C/C=C/C/C=C/CCCCCCCC[N+](C)(C)C(O)CS(=O)(=O)O.CCCCCCC/C=C/CCCCCCCCC[N+](C)(C)C(O)CS(=O)(=O)O.CCCCCCCCCCCCCCCCCC[N+](C)(C)C(O)CS(=O)(=O)O.CCCCCCCCCCCCCC[N+](C)(C)C(O)CS(=O)(=O)O.CCCCCCCCCCCC[N+](C)(C)C(O)CS(=O)(=O)O.CCCCCCCC[N+](C)(C)C(O)CS(=O)(=O)O. The third kappa shape index (κ3) is 118. The third-order valence-electron chi connectivity index (χ3n) is 28.2. The summed E-state index contributed by atoms with van der Waals surface area (Å²) in [4.78, 5) is 0. The van der Waals surface area contributed by atoms with E-state index in [9.17, 15) is 81.1 Å². The van der Waals surface area contributed by atoms with E-state index in [-0.39, 0.29) is 26.9 Å². The molecule has 6 unspecified atom stereocenters. The zero-order valence-corrected chi connectivity index (χ0v) is 103. The summed E-state index contributed by atoms with van der Waals surface area (Å²) in [7, 11) is -3.24. The molecule has 0 heterocycles. The van der Waals surface area contributed by atoms with Crippen molar-refractivity contribution in [3.8, 4) is 0 Å². The Morgan fingerprint density at radius 3 is 0.399 bits per heavy atom. The van der Waals surface area contributed by atoms with Gasteiger partial charge in [0.1, 0.15) is 0 Å². The lowest BCUT2D eigenvalue weighted by molar-refractivity contribution is -0.933. The van der Waals surface area contributed by atoms with Crippen LogP contribution in [0.2, 0.25) is 0 Å². The molecule has 0 aliphatic rings. The van der Waals surface area contributed by atoms with Crippen LogP contribution >= 0.6 is 0 Å². The number of allylic oxidation sites excluding steroid dienone is 8. The molecular formula is C112H240N6O24S6+6. The Balaban J connectivity index is -0.000000411. The molecule has 892 valence electrons. The van der Waals surface area contributed by atoms with Crippen LogP contribution in [0.15, 0.2) is 48.6 Å². The van der Waals surface area contributed by atoms with Gasteiger partial charge in [0.25, 0.3) is 60.7 Å². The second kappa shape index (κ2) is 97.0. The number of hydrogen-bond acceptors (Lipinski definition) is 18. The molecule has 148 heavy (non-hydrogen) atoms. The highest BCUT2D eigenvalue weighted by atomic mass is 32.2. The van der Waals surface area contributed by atoms with Crippen molar-refractivity contribution in [1.82, 2.24) is 0 Å². The van der Waals surface area contributed by atoms with Crippen LogP contribution in [0.5, 0.6) is 0 Å². The summed E-state index contributed by atoms with van der Waals surface area (Å²) in [5.74, 6) is -3.61. The molecule has 12 N–H and O–H groups in total. The van der Waals surface area contributed by atoms with Crippen LogP contribution in [0, 0.1) is 0 Å². The van der Waals surface area contributed by atoms with E-state index in [1.54, 1.807) is 84.6 Å². The number of aliphatic hydroxyl groups is 6. The van der Waals surface area contributed by atoms with Gasteiger partial charge in [0, 0.05) is 0 Å². The van der Waals surface area contributed by atoms with Crippen molar-refractivity contribution in [2.75, 3.05) is 158 Å². The summed E-state index contributed by atoms with van der Waals surface area (Å²) in [5, 5.41) is 59.5. The minimum Gasteiger partial charge on any atom is -0.344 e. The molecule has 0 bridgehead atoms. The number of quaternary nitrogens is 6. The smallest absolute Gasteiger partial charge is 0.273 e. The Labute approximate surface area is 912 Å². The number of unbranched alkanes of at least 4 members (excludes halogenated alkanes) is 58. The zero-order valence-electron chi connectivity index (χ0n) is 98.0. The molecule has 0 saturated carbocycles. The fraction of sp³-hybridized carbons (Fsp3) is 0.929. The van der Waals surface area contributed by atoms with Gasteiger partial charge < -0.3 is 57.5 Å². The first kappa shape index (κ1) is 157. The monoisotopic (exact) mass is 2250 g/mol. The Morgan fingerprint density at radius 1 is 0.162 bits per heavy atom. The van der Waals surface area contributed by atoms with Crippen LogP contribution in [0.1, 0.15) is 478 Å². The molecule has 0 aromatic carbocycles. The fourth-order valence-electron chi connectivity index (χ4n) is 17.1. The lowest BCUT2D eigenvalue weighted by Gasteiger charge is -2.34. The second-order valence-electron chi connectivity index (χ2n) is 45.7. The summed E-state index contributed by atoms with van der Waals surface area (Å²) in [6.07, 6.45) is 96.0. The van der Waals surface area contributed by atoms with Crippen molar-refractivity contribution < 1.29 is 135 Å². The molecule has 6 atom stereocenters. The van der Waals surface area contributed by atoms with E-state index in [4.69, 9.17) is 27.3 Å². The summed E-state index contributed by atoms with van der Waals surface area (Å²) >= 11 is 0. The van der Waals surface area contributed by atoms with Gasteiger partial charge in [0.2, 0.25) is 37.4 Å². The maximum atomic E-state index is 10.9. The van der Waals surface area contributed by atoms with Gasteiger partial charge >= 0.3 is 0 Å². The van der Waals surface area contributed by atoms with Crippen LogP contribution in [0.4, 0.5) is 0 Å². The Morgan fingerprint density at radius 2 is 0.270 bits per heavy atom. The summed E-state index contributed by atoms with van der Waals surface area (Å²) in [6.45, 7) is 17.6. The summed E-state index contributed by atoms with van der Waals surface area (Å²) in [5.41, 5.74) is 0. The second-order valence-corrected chi connectivity index (χ2v) is 54.7. The number of nitrogens with zero attached hydrogens (tertiary/aromatic N) is 6. The van der Waals surface area contributed by atoms with E-state index in [0.717, 1.165) is 116 Å².